The van der Waals surface area contributed by atoms with Crippen molar-refractivity contribution in [3.63, 3.8) is 0 Å². The van der Waals surface area contributed by atoms with Crippen molar-refractivity contribution in [2.24, 2.45) is 0 Å². The summed E-state index contributed by atoms with van der Waals surface area (Å²) in [5.41, 5.74) is 1.04. The first-order valence-electron chi connectivity index (χ1n) is 9.45. The van der Waals surface area contributed by atoms with Crippen molar-refractivity contribution >= 4 is 17.9 Å². The minimum absolute atomic E-state index is 0.00571. The topological polar surface area (TPSA) is 70.2 Å². The molecule has 148 valence electrons. The van der Waals surface area contributed by atoms with Crippen LogP contribution in [0.15, 0.2) is 30.3 Å². The quantitative estimate of drug-likeness (QED) is 0.714. The molecule has 1 aliphatic heterocycles. The summed E-state index contributed by atoms with van der Waals surface area (Å²) in [6, 6.07) is 9.76. The number of ether oxygens (including phenoxy) is 1. The fraction of sp³-hybridized carbons (Fsp3) is 0.550. The van der Waals surface area contributed by atoms with Crippen molar-refractivity contribution in [1.82, 2.24) is 14.7 Å². The van der Waals surface area contributed by atoms with E-state index in [0.29, 0.717) is 39.3 Å². The van der Waals surface area contributed by atoms with Crippen LogP contribution in [0.2, 0.25) is 0 Å². The molecule has 0 aliphatic carbocycles. The van der Waals surface area contributed by atoms with Crippen molar-refractivity contribution in [1.29, 1.82) is 0 Å². The second kappa shape index (κ2) is 9.94. The molecule has 1 aromatic rings. The van der Waals surface area contributed by atoms with Gasteiger partial charge in [-0.1, -0.05) is 30.3 Å². The lowest BCUT2D eigenvalue weighted by molar-refractivity contribution is -0.142. The Morgan fingerprint density at radius 1 is 1.04 bits per heavy atom. The summed E-state index contributed by atoms with van der Waals surface area (Å²) in [7, 11) is 0. The molecule has 7 nitrogen and oxygen atoms in total. The first-order chi connectivity index (χ1) is 12.9. The van der Waals surface area contributed by atoms with Crippen LogP contribution in [-0.2, 0) is 20.9 Å². The molecule has 1 fully saturated rings. The molecule has 0 spiro atoms. The van der Waals surface area contributed by atoms with Gasteiger partial charge in [0.2, 0.25) is 11.8 Å². The lowest BCUT2D eigenvalue weighted by Crippen LogP contribution is -2.51. The van der Waals surface area contributed by atoms with E-state index in [0.717, 1.165) is 5.56 Å². The molecule has 0 N–H and O–H groups in total. The highest BCUT2D eigenvalue weighted by Gasteiger charge is 2.27. The maximum absolute atomic E-state index is 12.7. The Kier molecular flexibility index (Phi) is 7.64. The zero-order valence-electron chi connectivity index (χ0n) is 16.4. The second-order valence-electron chi connectivity index (χ2n) is 6.84. The van der Waals surface area contributed by atoms with Gasteiger partial charge in [0.05, 0.1) is 6.61 Å². The lowest BCUT2D eigenvalue weighted by atomic mass is 10.1. The molecule has 0 atom stereocenters. The average Bonchev–Trinajstić information content (AvgIpc) is 2.66. The normalized spacial score (nSPS) is 14.2. The molecular weight excluding hydrogens is 346 g/mol. The first-order valence-corrected chi connectivity index (χ1v) is 9.45. The molecule has 0 saturated carbocycles. The van der Waals surface area contributed by atoms with Gasteiger partial charge in [0.25, 0.3) is 0 Å². The van der Waals surface area contributed by atoms with E-state index in [1.807, 2.05) is 44.2 Å². The summed E-state index contributed by atoms with van der Waals surface area (Å²) in [5, 5.41) is 0. The van der Waals surface area contributed by atoms with Gasteiger partial charge >= 0.3 is 6.09 Å². The van der Waals surface area contributed by atoms with Gasteiger partial charge in [-0.3, -0.25) is 9.59 Å². The Balaban J connectivity index is 1.88. The van der Waals surface area contributed by atoms with Crippen LogP contribution in [0.1, 0.15) is 32.8 Å². The van der Waals surface area contributed by atoms with Gasteiger partial charge in [-0.05, 0) is 26.3 Å². The molecule has 0 bridgehead atoms. The van der Waals surface area contributed by atoms with Gasteiger partial charge in [0, 0.05) is 38.8 Å². The van der Waals surface area contributed by atoms with Crippen molar-refractivity contribution < 1.29 is 19.1 Å². The largest absolute Gasteiger partial charge is 0.450 e. The molecule has 1 saturated heterocycles. The summed E-state index contributed by atoms with van der Waals surface area (Å²) in [6.45, 7) is 8.18. The summed E-state index contributed by atoms with van der Waals surface area (Å²) < 4.78 is 4.98. The highest BCUT2D eigenvalue weighted by atomic mass is 16.6. The fourth-order valence-electron chi connectivity index (χ4n) is 3.03. The molecule has 1 heterocycles. The smallest absolute Gasteiger partial charge is 0.409 e. The third-order valence-corrected chi connectivity index (χ3v) is 4.60. The first kappa shape index (κ1) is 20.7. The van der Waals surface area contributed by atoms with Gasteiger partial charge in [-0.25, -0.2) is 4.79 Å². The molecular formula is C20H29N3O4. The number of nitrogens with zero attached hydrogens (tertiary/aromatic N) is 3. The lowest BCUT2D eigenvalue weighted by Gasteiger charge is -2.34. The van der Waals surface area contributed by atoms with Crippen molar-refractivity contribution in [3.05, 3.63) is 35.9 Å². The van der Waals surface area contributed by atoms with E-state index in [1.54, 1.807) is 21.6 Å². The molecule has 7 heteroatoms. The Morgan fingerprint density at radius 3 is 2.19 bits per heavy atom. The predicted octanol–water partition coefficient (Wildman–Crippen LogP) is 2.11. The number of carbonyl (C=O) groups is 3. The number of hydrogen-bond acceptors (Lipinski definition) is 4. The summed E-state index contributed by atoms with van der Waals surface area (Å²) in [5.74, 6) is -0.367. The molecule has 3 amide bonds. The zero-order valence-corrected chi connectivity index (χ0v) is 16.4. The van der Waals surface area contributed by atoms with Crippen molar-refractivity contribution in [2.75, 3.05) is 32.8 Å². The van der Waals surface area contributed by atoms with Gasteiger partial charge in [-0.2, -0.15) is 0 Å². The Labute approximate surface area is 160 Å². The third-order valence-electron chi connectivity index (χ3n) is 4.60. The van der Waals surface area contributed by atoms with Crippen LogP contribution in [0, 0.1) is 0 Å². The van der Waals surface area contributed by atoms with E-state index >= 15 is 0 Å². The van der Waals surface area contributed by atoms with E-state index in [9.17, 15) is 14.4 Å². The monoisotopic (exact) mass is 375 g/mol. The van der Waals surface area contributed by atoms with Crippen LogP contribution < -0.4 is 0 Å². The maximum atomic E-state index is 12.7. The minimum Gasteiger partial charge on any atom is -0.450 e. The van der Waals surface area contributed by atoms with Gasteiger partial charge in [-0.15, -0.1) is 0 Å². The average molecular weight is 375 g/mol. The standard InChI is InChI=1S/C20H29N3O4/c1-4-27-20(26)22-12-10-21(11-13-22)18(24)14-19(25)23(16(2)3)15-17-8-6-5-7-9-17/h5-9,16H,4,10-15H2,1-3H3. The number of amides is 3. The summed E-state index contributed by atoms with van der Waals surface area (Å²) in [6.07, 6.45) is -0.501. The summed E-state index contributed by atoms with van der Waals surface area (Å²) >= 11 is 0. The third kappa shape index (κ3) is 5.98. The van der Waals surface area contributed by atoms with E-state index < -0.39 is 0 Å². The fourth-order valence-corrected chi connectivity index (χ4v) is 3.03. The molecule has 1 aromatic carbocycles. The summed E-state index contributed by atoms with van der Waals surface area (Å²) in [4.78, 5) is 41.9. The number of hydrogen-bond donors (Lipinski definition) is 0. The van der Waals surface area contributed by atoms with Crippen LogP contribution in [-0.4, -0.2) is 71.4 Å². The van der Waals surface area contributed by atoms with Crippen LogP contribution in [0.5, 0.6) is 0 Å². The van der Waals surface area contributed by atoms with Crippen LogP contribution in [0.25, 0.3) is 0 Å². The van der Waals surface area contributed by atoms with Crippen molar-refractivity contribution in [2.45, 2.75) is 39.8 Å². The number of carbonyl (C=O) groups excluding carboxylic acids is 3. The number of rotatable bonds is 6. The molecule has 2 rings (SSSR count). The second-order valence-corrected chi connectivity index (χ2v) is 6.84. The molecule has 1 aliphatic rings. The Bertz CT molecular complexity index is 640. The number of benzene rings is 1. The number of piperazine rings is 1. The van der Waals surface area contributed by atoms with Crippen molar-refractivity contribution in [3.8, 4) is 0 Å². The van der Waals surface area contributed by atoms with Crippen LogP contribution >= 0.6 is 0 Å². The van der Waals surface area contributed by atoms with Gasteiger partial charge in [0.15, 0.2) is 0 Å². The predicted molar refractivity (Wildman–Crippen MR) is 102 cm³/mol. The SMILES string of the molecule is CCOC(=O)N1CCN(C(=O)CC(=O)N(Cc2ccccc2)C(C)C)CC1. The van der Waals surface area contributed by atoms with E-state index in [-0.39, 0.29) is 30.4 Å². The highest BCUT2D eigenvalue weighted by molar-refractivity contribution is 5.97. The molecule has 0 radical (unpaired) electrons. The molecule has 0 aromatic heterocycles. The van der Waals surface area contributed by atoms with Crippen LogP contribution in [0.4, 0.5) is 4.79 Å². The Hall–Kier alpha value is -2.57. The minimum atomic E-state index is -0.352. The Morgan fingerprint density at radius 2 is 1.63 bits per heavy atom. The van der Waals surface area contributed by atoms with Gasteiger partial charge in [0.1, 0.15) is 6.42 Å². The van der Waals surface area contributed by atoms with Crippen LogP contribution in [0.3, 0.4) is 0 Å². The van der Waals surface area contributed by atoms with E-state index in [1.165, 1.54) is 0 Å². The zero-order chi connectivity index (χ0) is 19.8. The van der Waals surface area contributed by atoms with Gasteiger partial charge < -0.3 is 19.4 Å². The molecule has 27 heavy (non-hydrogen) atoms. The highest BCUT2D eigenvalue weighted by Crippen LogP contribution is 2.12. The maximum Gasteiger partial charge on any atom is 0.409 e. The van der Waals surface area contributed by atoms with E-state index in [2.05, 4.69) is 0 Å². The molecule has 0 unspecified atom stereocenters. The van der Waals surface area contributed by atoms with E-state index in [4.69, 9.17) is 4.74 Å².